The summed E-state index contributed by atoms with van der Waals surface area (Å²) in [4.78, 5) is 117. The van der Waals surface area contributed by atoms with Crippen LogP contribution in [0, 0.1) is 0 Å². The quantitative estimate of drug-likeness (QED) is 0.0108. The lowest BCUT2D eigenvalue weighted by Crippen LogP contribution is -2.66. The molecule has 2 amide bonds. The Morgan fingerprint density at radius 3 is 1.15 bits per heavy atom. The second-order valence-corrected chi connectivity index (χ2v) is 28.0. The molecule has 1 aliphatic heterocycles. The van der Waals surface area contributed by atoms with Crippen molar-refractivity contribution in [2.24, 2.45) is 0 Å². The van der Waals surface area contributed by atoms with E-state index in [2.05, 4.69) is 38.3 Å². The molecular weight excluding hydrogens is 1240 g/mol. The Balaban J connectivity index is 3.79. The Hall–Kier alpha value is -3.72. The number of phosphoric acid groups is 1. The summed E-state index contributed by atoms with van der Waals surface area (Å²) in [5.74, 6) is -8.27. The second-order valence-electron chi connectivity index (χ2n) is 26.8. The molecule has 0 radical (unpaired) electrons. The van der Waals surface area contributed by atoms with E-state index in [1.165, 1.54) is 38.5 Å². The number of carboxylic acids is 1. The Morgan fingerprint density at radius 2 is 0.789 bits per heavy atom. The molecule has 1 aliphatic rings. The normalized spacial score (nSPS) is 17.7. The summed E-state index contributed by atoms with van der Waals surface area (Å²) in [6.45, 7) is 10.6. The van der Waals surface area contributed by atoms with Gasteiger partial charge in [0.25, 0.3) is 5.91 Å². The number of unbranched alkanes of at least 4 members (excludes halogenated alkanes) is 34. The van der Waals surface area contributed by atoms with Crippen LogP contribution in [0.25, 0.3) is 0 Å². The van der Waals surface area contributed by atoms with E-state index in [1.807, 2.05) is 13.8 Å². The molecule has 1 fully saturated rings. The largest absolute Gasteiger partial charge is 0.480 e. The first-order chi connectivity index (χ1) is 45.8. The van der Waals surface area contributed by atoms with Crippen LogP contribution in [0.3, 0.4) is 0 Å². The summed E-state index contributed by atoms with van der Waals surface area (Å²) in [7, 11) is -5.49. The van der Waals surface area contributed by atoms with Gasteiger partial charge in [-0.3, -0.25) is 33.3 Å². The molecule has 1 saturated heterocycles. The summed E-state index contributed by atoms with van der Waals surface area (Å²) in [6, 6.07) is -1.87. The number of phosphoric ester groups is 1. The molecular formula is C73H135N2O19P. The zero-order chi connectivity index (χ0) is 70.2. The van der Waals surface area contributed by atoms with Gasteiger partial charge in [0.1, 0.15) is 36.6 Å². The highest BCUT2D eigenvalue weighted by molar-refractivity contribution is 7.46. The third kappa shape index (κ3) is 48.6. The molecule has 0 aromatic heterocycles. The molecule has 8 atom stereocenters. The zero-order valence-electron chi connectivity index (χ0n) is 60.2. The molecule has 0 aliphatic carbocycles. The van der Waals surface area contributed by atoms with E-state index in [9.17, 15) is 58.1 Å². The average Bonchev–Trinajstić information content (AvgIpc) is 0.777. The maximum absolute atomic E-state index is 14.7. The second kappa shape index (κ2) is 58.1. The summed E-state index contributed by atoms with van der Waals surface area (Å²) in [6.07, 6.45) is 29.9. The number of ether oxygens (including phenoxy) is 6. The van der Waals surface area contributed by atoms with E-state index >= 15 is 0 Å². The number of rotatable bonds is 65. The summed E-state index contributed by atoms with van der Waals surface area (Å²) in [5, 5.41) is 26.8. The Labute approximate surface area is 573 Å². The molecule has 6 N–H and O–H groups in total. The van der Waals surface area contributed by atoms with E-state index in [4.69, 9.17) is 32.9 Å². The number of hydrogen-bond donors (Lipinski definition) is 6. The highest BCUT2D eigenvalue weighted by atomic mass is 31.2. The lowest BCUT2D eigenvalue weighted by Gasteiger charge is -2.47. The highest BCUT2D eigenvalue weighted by Crippen LogP contribution is 2.44. The van der Waals surface area contributed by atoms with Crippen molar-refractivity contribution in [1.82, 2.24) is 10.6 Å². The lowest BCUT2D eigenvalue weighted by atomic mass is 9.98. The van der Waals surface area contributed by atoms with Crippen LogP contribution in [0.2, 0.25) is 0 Å². The number of esters is 4. The van der Waals surface area contributed by atoms with Crippen molar-refractivity contribution in [1.29, 1.82) is 0 Å². The molecule has 0 saturated carbocycles. The molecule has 1 rings (SSSR count). The van der Waals surface area contributed by atoms with E-state index in [0.29, 0.717) is 57.8 Å². The molecule has 21 nitrogen and oxygen atoms in total. The van der Waals surface area contributed by atoms with Crippen LogP contribution in [-0.2, 0) is 71.1 Å². The smallest absolute Gasteiger partial charge is 0.470 e. The summed E-state index contributed by atoms with van der Waals surface area (Å²) < 4.78 is 54.2. The van der Waals surface area contributed by atoms with Gasteiger partial charge in [-0.2, -0.15) is 0 Å². The number of aliphatic hydroxyl groups excluding tert-OH is 1. The minimum Gasteiger partial charge on any atom is -0.480 e. The predicted octanol–water partition coefficient (Wildman–Crippen LogP) is 16.5. The van der Waals surface area contributed by atoms with Gasteiger partial charge in [0.15, 0.2) is 6.04 Å². The van der Waals surface area contributed by atoms with Crippen molar-refractivity contribution in [3.05, 3.63) is 0 Å². The first-order valence-electron chi connectivity index (χ1n) is 38.0. The number of nitrogens with one attached hydrogen (secondary N) is 2. The maximum Gasteiger partial charge on any atom is 0.470 e. The highest BCUT2D eigenvalue weighted by Gasteiger charge is 2.54. The minimum absolute atomic E-state index is 0.119. The van der Waals surface area contributed by atoms with Crippen LogP contribution in [0.1, 0.15) is 363 Å². The molecule has 0 unspecified atom stereocenters. The van der Waals surface area contributed by atoms with E-state index in [1.54, 1.807) is 0 Å². The molecule has 556 valence electrons. The summed E-state index contributed by atoms with van der Waals surface area (Å²) in [5.41, 5.74) is 0. The first-order valence-corrected chi connectivity index (χ1v) is 39.6. The SMILES string of the molecule is CCCCCCCCCCC[C@H](CC(=O)N[C@@H](CO[C@]1(NC(=O)C[C@@H](CCCCCCCCCCC)OC(=O)CCCCC)C[C@@H](OC(=O)C[C@@H](CCCCCCCCCCC)OC(=O)CCCCC)[C@H](OP(=O)(O)O)[C@@H](CO)O1)C(=O)O)OC(=O)CCCCCCCCC. The fourth-order valence-corrected chi connectivity index (χ4v) is 12.7. The Bertz CT molecular complexity index is 2050. The van der Waals surface area contributed by atoms with Gasteiger partial charge in [-0.15, -0.1) is 0 Å². The summed E-state index contributed by atoms with van der Waals surface area (Å²) >= 11 is 0. The van der Waals surface area contributed by atoms with Crippen molar-refractivity contribution in [3.8, 4) is 0 Å². The van der Waals surface area contributed by atoms with Gasteiger partial charge < -0.3 is 59.1 Å². The molecule has 0 bridgehead atoms. The van der Waals surface area contributed by atoms with Gasteiger partial charge in [0, 0.05) is 19.3 Å². The first kappa shape index (κ1) is 89.3. The van der Waals surface area contributed by atoms with Crippen molar-refractivity contribution in [3.63, 3.8) is 0 Å². The molecule has 95 heavy (non-hydrogen) atoms. The van der Waals surface area contributed by atoms with Crippen LogP contribution < -0.4 is 10.6 Å². The number of carboxylic acid groups (broad SMARTS) is 1. The van der Waals surface area contributed by atoms with Gasteiger partial charge in [0.2, 0.25) is 11.8 Å². The predicted molar refractivity (Wildman–Crippen MR) is 370 cm³/mol. The molecule has 0 aromatic carbocycles. The van der Waals surface area contributed by atoms with Crippen LogP contribution in [0.5, 0.6) is 0 Å². The molecule has 1 heterocycles. The van der Waals surface area contributed by atoms with Gasteiger partial charge in [0.05, 0.1) is 38.9 Å². The Morgan fingerprint density at radius 1 is 0.463 bits per heavy atom. The number of carbonyl (C=O) groups excluding carboxylic acids is 6. The standard InChI is InChI=1S/C73H135N2O19P/c1-7-13-19-23-27-30-34-37-43-47-59(89-69(81)52-46-40-33-26-22-16-10-4)53-65(77)74-62(72(83)84)58-88-73(75-66(78)54-60(90-67(79)50-41-17-11-5)48-44-38-35-31-28-24-20-14-8-2)56-63(71(64(57-76)93-73)94-95(85,86)87)92-70(82)55-61(91-68(80)51-42-18-12-6)49-45-39-36-32-29-25-21-15-9-3/h59-64,71,76H,7-58H2,1-6H3,(H,74,77)(H,75,78)(H,83,84)(H2,85,86,87)/t59-,60-,61-,62+,63-,64-,71+,73-/m1/s1. The average molecular weight is 1380 g/mol. The van der Waals surface area contributed by atoms with Crippen LogP contribution in [-0.4, -0.2) is 123 Å². The van der Waals surface area contributed by atoms with Gasteiger partial charge in [-0.25, -0.2) is 9.36 Å². The topological polar surface area (TPSA) is 306 Å². The van der Waals surface area contributed by atoms with Crippen molar-refractivity contribution in [2.45, 2.75) is 411 Å². The number of aliphatic carboxylic acids is 1. The fourth-order valence-electron chi connectivity index (χ4n) is 12.1. The Kier molecular flexibility index (Phi) is 54.6. The van der Waals surface area contributed by atoms with Gasteiger partial charge >= 0.3 is 37.7 Å². The van der Waals surface area contributed by atoms with Crippen LogP contribution >= 0.6 is 7.82 Å². The van der Waals surface area contributed by atoms with Crippen molar-refractivity contribution in [2.75, 3.05) is 13.2 Å². The van der Waals surface area contributed by atoms with Gasteiger partial charge in [-0.05, 0) is 57.8 Å². The molecule has 0 spiro atoms. The van der Waals surface area contributed by atoms with E-state index in [-0.39, 0.29) is 25.7 Å². The third-order valence-electron chi connectivity index (χ3n) is 17.7. The maximum atomic E-state index is 14.7. The molecule has 22 heteroatoms. The third-order valence-corrected chi connectivity index (χ3v) is 18.2. The van der Waals surface area contributed by atoms with E-state index in [0.717, 1.165) is 180 Å². The minimum atomic E-state index is -5.49. The van der Waals surface area contributed by atoms with Crippen LogP contribution in [0.15, 0.2) is 0 Å². The lowest BCUT2D eigenvalue weighted by molar-refractivity contribution is -0.333. The van der Waals surface area contributed by atoms with Crippen molar-refractivity contribution >= 4 is 49.5 Å². The van der Waals surface area contributed by atoms with E-state index < -0.39 is 131 Å². The molecule has 0 aromatic rings. The number of amides is 2. The number of carbonyl (C=O) groups is 7. The number of aliphatic hydroxyl groups is 1. The van der Waals surface area contributed by atoms with Gasteiger partial charge in [-0.1, -0.05) is 260 Å². The fraction of sp³-hybridized carbons (Fsp3) is 0.904. The van der Waals surface area contributed by atoms with Crippen LogP contribution in [0.4, 0.5) is 0 Å². The van der Waals surface area contributed by atoms with Crippen molar-refractivity contribution < 1.29 is 91.1 Å². The zero-order valence-corrected chi connectivity index (χ0v) is 61.1. The number of hydrogen-bond acceptors (Lipinski definition) is 16. The monoisotopic (exact) mass is 1370 g/mol.